The van der Waals surface area contributed by atoms with Crippen molar-refractivity contribution in [2.24, 2.45) is 5.73 Å². The zero-order chi connectivity index (χ0) is 14.0. The summed E-state index contributed by atoms with van der Waals surface area (Å²) in [4.78, 5) is 16.1. The van der Waals surface area contributed by atoms with Crippen LogP contribution in [0.15, 0.2) is 10.6 Å². The lowest BCUT2D eigenvalue weighted by molar-refractivity contribution is -0.137. The molecule has 122 valence electrons. The Morgan fingerprint density at radius 1 is 1.33 bits per heavy atom. The van der Waals surface area contributed by atoms with Gasteiger partial charge in [-0.25, -0.2) is 0 Å². The summed E-state index contributed by atoms with van der Waals surface area (Å²) in [5, 5.41) is 3.99. The summed E-state index contributed by atoms with van der Waals surface area (Å²) in [6.45, 7) is 9.27. The molecule has 0 unspecified atom stereocenters. The molecule has 2 rings (SSSR count). The first-order valence-corrected chi connectivity index (χ1v) is 6.59. The maximum atomic E-state index is 12.0. The van der Waals surface area contributed by atoms with Gasteiger partial charge in [0.25, 0.3) is 0 Å². The van der Waals surface area contributed by atoms with E-state index in [1.807, 2.05) is 17.9 Å². The number of nitrogens with two attached hydrogens (primary N) is 1. The summed E-state index contributed by atoms with van der Waals surface area (Å²) in [7, 11) is 0. The average Bonchev–Trinajstić information content (AvgIpc) is 2.74. The lowest BCUT2D eigenvalue weighted by Gasteiger charge is -2.37. The van der Waals surface area contributed by atoms with Gasteiger partial charge in [-0.15, -0.1) is 24.8 Å². The molecule has 0 spiro atoms. The van der Waals surface area contributed by atoms with Crippen LogP contribution in [0, 0.1) is 6.92 Å². The molecule has 1 fully saturated rings. The third kappa shape index (κ3) is 5.47. The molecular formula is C13H24Cl2N4O2. The summed E-state index contributed by atoms with van der Waals surface area (Å²) >= 11 is 0. The van der Waals surface area contributed by atoms with Crippen molar-refractivity contribution in [1.82, 2.24) is 15.0 Å². The number of nitrogens with zero attached hydrogens (tertiary/aromatic N) is 3. The highest BCUT2D eigenvalue weighted by Gasteiger charge is 2.30. The minimum Gasteiger partial charge on any atom is -0.361 e. The first-order chi connectivity index (χ1) is 8.86. The molecular weight excluding hydrogens is 315 g/mol. The van der Waals surface area contributed by atoms with E-state index >= 15 is 0 Å². The Balaban J connectivity index is 0.00000200. The molecule has 0 aromatic carbocycles. The molecule has 0 aliphatic carbocycles. The number of amides is 1. The maximum Gasteiger partial charge on any atom is 0.242 e. The van der Waals surface area contributed by atoms with Crippen LogP contribution in [0.4, 0.5) is 0 Å². The summed E-state index contributed by atoms with van der Waals surface area (Å²) in [5.41, 5.74) is 6.00. The number of hydrogen-bond acceptors (Lipinski definition) is 5. The van der Waals surface area contributed by atoms with Crippen molar-refractivity contribution in [3.63, 3.8) is 0 Å². The molecule has 6 nitrogen and oxygen atoms in total. The Kier molecular flexibility index (Phi) is 7.67. The van der Waals surface area contributed by atoms with Gasteiger partial charge >= 0.3 is 0 Å². The van der Waals surface area contributed by atoms with Gasteiger partial charge in [-0.05, 0) is 20.8 Å². The fourth-order valence-corrected chi connectivity index (χ4v) is 2.24. The number of halogens is 2. The zero-order valence-electron chi connectivity index (χ0n) is 12.7. The standard InChI is InChI=1S/C13H22N4O2.2ClH/c1-10-8-11(15-19-10)9-16-4-6-17(7-5-16)12(18)13(2,3)14;;/h8H,4-7,9,14H2,1-3H3;2*1H. The van der Waals surface area contributed by atoms with Crippen molar-refractivity contribution in [2.45, 2.75) is 32.9 Å². The summed E-state index contributed by atoms with van der Waals surface area (Å²) in [6.07, 6.45) is 0. The largest absolute Gasteiger partial charge is 0.361 e. The van der Waals surface area contributed by atoms with Gasteiger partial charge in [-0.1, -0.05) is 5.16 Å². The first-order valence-electron chi connectivity index (χ1n) is 6.59. The van der Waals surface area contributed by atoms with Gasteiger partial charge in [0.1, 0.15) is 5.76 Å². The number of carbonyl (C=O) groups excluding carboxylic acids is 1. The van der Waals surface area contributed by atoms with Crippen molar-refractivity contribution < 1.29 is 9.32 Å². The Bertz CT molecular complexity index is 451. The molecule has 1 aromatic rings. The SMILES string of the molecule is Cc1cc(CN2CCN(C(=O)C(C)(C)N)CC2)no1.Cl.Cl. The molecule has 8 heteroatoms. The van der Waals surface area contributed by atoms with E-state index in [-0.39, 0.29) is 30.7 Å². The lowest BCUT2D eigenvalue weighted by atomic mass is 10.0. The third-order valence-electron chi connectivity index (χ3n) is 3.27. The Hall–Kier alpha value is -0.820. The molecule has 2 heterocycles. The topological polar surface area (TPSA) is 75.6 Å². The van der Waals surface area contributed by atoms with E-state index in [0.717, 1.165) is 44.2 Å². The van der Waals surface area contributed by atoms with Gasteiger partial charge in [0.15, 0.2) is 0 Å². The molecule has 0 bridgehead atoms. The van der Waals surface area contributed by atoms with Crippen molar-refractivity contribution in [3.05, 3.63) is 17.5 Å². The van der Waals surface area contributed by atoms with Crippen LogP contribution in [0.3, 0.4) is 0 Å². The molecule has 0 radical (unpaired) electrons. The molecule has 1 amide bonds. The van der Waals surface area contributed by atoms with Crippen molar-refractivity contribution >= 4 is 30.7 Å². The quantitative estimate of drug-likeness (QED) is 0.896. The predicted molar refractivity (Wildman–Crippen MR) is 85.9 cm³/mol. The second-order valence-electron chi connectivity index (χ2n) is 5.72. The number of piperazine rings is 1. The van der Waals surface area contributed by atoms with E-state index in [0.29, 0.717) is 0 Å². The minimum atomic E-state index is -0.786. The Labute approximate surface area is 137 Å². The third-order valence-corrected chi connectivity index (χ3v) is 3.27. The van der Waals surface area contributed by atoms with Crippen molar-refractivity contribution in [1.29, 1.82) is 0 Å². The van der Waals surface area contributed by atoms with Crippen LogP contribution in [0.2, 0.25) is 0 Å². The Morgan fingerprint density at radius 2 is 1.90 bits per heavy atom. The van der Waals surface area contributed by atoms with Crippen LogP contribution in [-0.4, -0.2) is 52.6 Å². The molecule has 0 atom stereocenters. The highest BCUT2D eigenvalue weighted by atomic mass is 35.5. The molecule has 1 aromatic heterocycles. The summed E-state index contributed by atoms with van der Waals surface area (Å²) in [5.74, 6) is 0.845. The maximum absolute atomic E-state index is 12.0. The second kappa shape index (κ2) is 7.98. The van der Waals surface area contributed by atoms with E-state index in [1.54, 1.807) is 13.8 Å². The highest BCUT2D eigenvalue weighted by molar-refractivity contribution is 5.86. The van der Waals surface area contributed by atoms with E-state index in [2.05, 4.69) is 10.1 Å². The van der Waals surface area contributed by atoms with Gasteiger partial charge in [0.05, 0.1) is 11.2 Å². The van der Waals surface area contributed by atoms with Crippen molar-refractivity contribution in [2.75, 3.05) is 26.2 Å². The van der Waals surface area contributed by atoms with Gasteiger partial charge in [-0.3, -0.25) is 9.69 Å². The van der Waals surface area contributed by atoms with E-state index in [9.17, 15) is 4.79 Å². The van der Waals surface area contributed by atoms with Crippen LogP contribution in [0.5, 0.6) is 0 Å². The van der Waals surface area contributed by atoms with Gasteiger partial charge in [0, 0.05) is 38.8 Å². The highest BCUT2D eigenvalue weighted by Crippen LogP contribution is 2.11. The fraction of sp³-hybridized carbons (Fsp3) is 0.692. The predicted octanol–water partition coefficient (Wildman–Crippen LogP) is 1.21. The van der Waals surface area contributed by atoms with Gasteiger partial charge in [-0.2, -0.15) is 0 Å². The van der Waals surface area contributed by atoms with Crippen LogP contribution in [0.1, 0.15) is 25.3 Å². The molecule has 2 N–H and O–H groups in total. The zero-order valence-corrected chi connectivity index (χ0v) is 14.3. The monoisotopic (exact) mass is 338 g/mol. The number of carbonyl (C=O) groups is 1. The molecule has 21 heavy (non-hydrogen) atoms. The number of aryl methyl sites for hydroxylation is 1. The van der Waals surface area contributed by atoms with E-state index < -0.39 is 5.54 Å². The van der Waals surface area contributed by atoms with E-state index in [1.165, 1.54) is 0 Å². The number of aromatic nitrogens is 1. The first kappa shape index (κ1) is 20.2. The van der Waals surface area contributed by atoms with Crippen LogP contribution >= 0.6 is 24.8 Å². The number of rotatable bonds is 3. The molecule has 1 aliphatic heterocycles. The molecule has 1 aliphatic rings. The van der Waals surface area contributed by atoms with Crippen LogP contribution in [-0.2, 0) is 11.3 Å². The smallest absolute Gasteiger partial charge is 0.242 e. The van der Waals surface area contributed by atoms with Crippen LogP contribution in [0.25, 0.3) is 0 Å². The molecule has 0 saturated carbocycles. The van der Waals surface area contributed by atoms with Crippen molar-refractivity contribution in [3.8, 4) is 0 Å². The average molecular weight is 339 g/mol. The minimum absolute atomic E-state index is 0. The summed E-state index contributed by atoms with van der Waals surface area (Å²) in [6, 6.07) is 1.94. The fourth-order valence-electron chi connectivity index (χ4n) is 2.24. The van der Waals surface area contributed by atoms with Gasteiger partial charge in [0.2, 0.25) is 5.91 Å². The Morgan fingerprint density at radius 3 is 2.33 bits per heavy atom. The number of hydrogen-bond donors (Lipinski definition) is 1. The van der Waals surface area contributed by atoms with Gasteiger partial charge < -0.3 is 15.2 Å². The molecule has 1 saturated heterocycles. The normalized spacial score (nSPS) is 16.1. The summed E-state index contributed by atoms with van der Waals surface area (Å²) < 4.78 is 5.05. The second-order valence-corrected chi connectivity index (χ2v) is 5.72. The lowest BCUT2D eigenvalue weighted by Crippen LogP contribution is -2.56. The van der Waals surface area contributed by atoms with E-state index in [4.69, 9.17) is 10.3 Å². The van der Waals surface area contributed by atoms with Crippen LogP contribution < -0.4 is 5.73 Å².